The second kappa shape index (κ2) is 5.97. The maximum absolute atomic E-state index is 11.0. The van der Waals surface area contributed by atoms with Crippen LogP contribution in [0.15, 0.2) is 18.2 Å². The molecule has 0 aliphatic carbocycles. The molecule has 1 aromatic rings. The van der Waals surface area contributed by atoms with Crippen molar-refractivity contribution >= 4 is 17.6 Å². The van der Waals surface area contributed by atoms with E-state index in [-0.39, 0.29) is 17.7 Å². The highest BCUT2D eigenvalue weighted by atomic mass is 35.5. The average Bonchev–Trinajstić information content (AvgIpc) is 2.27. The van der Waals surface area contributed by atoms with E-state index in [0.717, 1.165) is 0 Å². The van der Waals surface area contributed by atoms with E-state index in [1.807, 2.05) is 0 Å². The van der Waals surface area contributed by atoms with Gasteiger partial charge in [0.2, 0.25) is 0 Å². The molecule has 4 N–H and O–H groups in total. The Labute approximate surface area is 104 Å². The maximum atomic E-state index is 11.0. The molecule has 1 aromatic carbocycles. The van der Waals surface area contributed by atoms with Crippen molar-refractivity contribution in [2.45, 2.75) is 12.2 Å². The molecule has 0 aliphatic heterocycles. The summed E-state index contributed by atoms with van der Waals surface area (Å²) in [6, 6.07) is 4.07. The fraction of sp³-hybridized carbons (Fsp3) is 0.364. The summed E-state index contributed by atoms with van der Waals surface area (Å²) in [4.78, 5) is 11.0. The van der Waals surface area contributed by atoms with E-state index < -0.39 is 18.2 Å². The number of carbonyl (C=O) groups is 1. The predicted octanol–water partition coefficient (Wildman–Crippen LogP) is 0.652. The quantitative estimate of drug-likeness (QED) is 0.624. The van der Waals surface area contributed by atoms with Crippen LogP contribution in [0.5, 0.6) is 0 Å². The van der Waals surface area contributed by atoms with Crippen LogP contribution in [0.2, 0.25) is 5.02 Å². The van der Waals surface area contributed by atoms with E-state index in [1.165, 1.54) is 18.2 Å². The Balaban J connectivity index is 3.10. The molecule has 0 radical (unpaired) electrons. The number of rotatable bonds is 5. The van der Waals surface area contributed by atoms with Crippen LogP contribution in [0, 0.1) is 0 Å². The number of halogens is 1. The molecule has 0 amide bonds. The molecule has 0 heterocycles. The van der Waals surface area contributed by atoms with Crippen molar-refractivity contribution in [3.63, 3.8) is 0 Å². The van der Waals surface area contributed by atoms with Gasteiger partial charge in [0.1, 0.15) is 6.10 Å². The molecule has 5 nitrogen and oxygen atoms in total. The third-order valence-corrected chi connectivity index (χ3v) is 2.58. The van der Waals surface area contributed by atoms with Crippen LogP contribution in [0.25, 0.3) is 0 Å². The molecule has 2 atom stereocenters. The molecule has 0 fully saturated rings. The van der Waals surface area contributed by atoms with Crippen molar-refractivity contribution in [3.8, 4) is 0 Å². The zero-order chi connectivity index (χ0) is 13.0. The number of aromatic carboxylic acids is 1. The topological polar surface area (TPSA) is 89.8 Å². The summed E-state index contributed by atoms with van der Waals surface area (Å²) in [5.74, 6) is -1.17. The maximum Gasteiger partial charge on any atom is 0.336 e. The van der Waals surface area contributed by atoms with Crippen LogP contribution in [-0.4, -0.2) is 41.0 Å². The van der Waals surface area contributed by atoms with Crippen LogP contribution >= 0.6 is 11.6 Å². The first-order chi connectivity index (χ1) is 7.97. The second-order valence-corrected chi connectivity index (χ2v) is 4.04. The van der Waals surface area contributed by atoms with Gasteiger partial charge in [-0.1, -0.05) is 11.6 Å². The first-order valence-electron chi connectivity index (χ1n) is 5.00. The number of nitrogens with one attached hydrogen (secondary N) is 1. The predicted molar refractivity (Wildman–Crippen MR) is 63.3 cm³/mol. The Morgan fingerprint density at radius 3 is 2.65 bits per heavy atom. The molecule has 94 valence electrons. The minimum absolute atomic E-state index is 0.0722. The number of carboxylic acids is 1. The van der Waals surface area contributed by atoms with Gasteiger partial charge in [-0.2, -0.15) is 0 Å². The van der Waals surface area contributed by atoms with E-state index in [4.69, 9.17) is 16.7 Å². The van der Waals surface area contributed by atoms with Crippen molar-refractivity contribution in [2.75, 3.05) is 13.6 Å². The lowest BCUT2D eigenvalue weighted by Gasteiger charge is -2.19. The minimum atomic E-state index is -1.30. The molecule has 1 rings (SSSR count). The third-order valence-electron chi connectivity index (χ3n) is 2.34. The van der Waals surface area contributed by atoms with Crippen molar-refractivity contribution in [1.29, 1.82) is 0 Å². The van der Waals surface area contributed by atoms with Gasteiger partial charge in [-0.3, -0.25) is 0 Å². The highest BCUT2D eigenvalue weighted by Gasteiger charge is 2.23. The van der Waals surface area contributed by atoms with Gasteiger partial charge in [-0.15, -0.1) is 0 Å². The van der Waals surface area contributed by atoms with Crippen LogP contribution < -0.4 is 5.32 Å². The SMILES string of the molecule is CNCC(O)C(O)c1cc(Cl)ccc1C(=O)O. The second-order valence-electron chi connectivity index (χ2n) is 3.61. The van der Waals surface area contributed by atoms with Gasteiger partial charge in [0.25, 0.3) is 0 Å². The largest absolute Gasteiger partial charge is 0.478 e. The molecule has 2 unspecified atom stereocenters. The number of aliphatic hydroxyl groups is 2. The average molecular weight is 260 g/mol. The number of hydrogen-bond donors (Lipinski definition) is 4. The van der Waals surface area contributed by atoms with Crippen molar-refractivity contribution < 1.29 is 20.1 Å². The molecule has 17 heavy (non-hydrogen) atoms. The molecular weight excluding hydrogens is 246 g/mol. The van der Waals surface area contributed by atoms with Crippen molar-refractivity contribution in [1.82, 2.24) is 5.32 Å². The summed E-state index contributed by atoms with van der Waals surface area (Å²) in [6.07, 6.45) is -2.40. The summed E-state index contributed by atoms with van der Waals surface area (Å²) in [7, 11) is 1.62. The van der Waals surface area contributed by atoms with E-state index >= 15 is 0 Å². The lowest BCUT2D eigenvalue weighted by molar-refractivity contribution is 0.0192. The number of carboxylic acid groups (broad SMARTS) is 1. The first kappa shape index (κ1) is 13.9. The monoisotopic (exact) mass is 259 g/mol. The van der Waals surface area contributed by atoms with Gasteiger partial charge in [0, 0.05) is 11.6 Å². The van der Waals surface area contributed by atoms with Crippen molar-refractivity contribution in [3.05, 3.63) is 34.3 Å². The Morgan fingerprint density at radius 2 is 2.12 bits per heavy atom. The van der Waals surface area contributed by atoms with Crippen molar-refractivity contribution in [2.24, 2.45) is 0 Å². The number of aliphatic hydroxyl groups excluding tert-OH is 2. The standard InChI is InChI=1S/C11H14ClNO4/c1-13-5-9(14)10(15)8-4-6(12)2-3-7(8)11(16)17/h2-4,9-10,13-15H,5H2,1H3,(H,16,17). The van der Waals surface area contributed by atoms with E-state index in [2.05, 4.69) is 5.32 Å². The van der Waals surface area contributed by atoms with Gasteiger partial charge in [-0.05, 0) is 30.8 Å². The molecule has 0 bridgehead atoms. The summed E-state index contributed by atoms with van der Waals surface area (Å²) in [5, 5.41) is 31.4. The van der Waals surface area contributed by atoms with Gasteiger partial charge < -0.3 is 20.6 Å². The Bertz CT molecular complexity index is 410. The lowest BCUT2D eigenvalue weighted by Crippen LogP contribution is -2.30. The number of likely N-dealkylation sites (N-methyl/N-ethyl adjacent to an activating group) is 1. The van der Waals surface area contributed by atoms with Crippen LogP contribution in [0.3, 0.4) is 0 Å². The molecule has 0 aromatic heterocycles. The highest BCUT2D eigenvalue weighted by molar-refractivity contribution is 6.30. The fourth-order valence-electron chi connectivity index (χ4n) is 1.50. The third kappa shape index (κ3) is 3.41. The van der Waals surface area contributed by atoms with Crippen LogP contribution in [0.1, 0.15) is 22.0 Å². The minimum Gasteiger partial charge on any atom is -0.478 e. The van der Waals surface area contributed by atoms with Gasteiger partial charge in [0.05, 0.1) is 11.7 Å². The van der Waals surface area contributed by atoms with Gasteiger partial charge in [-0.25, -0.2) is 4.79 Å². The van der Waals surface area contributed by atoms with Crippen LogP contribution in [0.4, 0.5) is 0 Å². The Kier molecular flexibility index (Phi) is 4.89. The summed E-state index contributed by atoms with van der Waals surface area (Å²) < 4.78 is 0. The zero-order valence-corrected chi connectivity index (χ0v) is 9.98. The van der Waals surface area contributed by atoms with E-state index in [9.17, 15) is 15.0 Å². The fourth-order valence-corrected chi connectivity index (χ4v) is 1.68. The number of benzene rings is 1. The summed E-state index contributed by atoms with van der Waals surface area (Å²) in [5.41, 5.74) is 0.0322. The molecule has 0 saturated carbocycles. The molecule has 0 spiro atoms. The lowest BCUT2D eigenvalue weighted by atomic mass is 9.98. The molecule has 0 saturated heterocycles. The molecular formula is C11H14ClNO4. The Morgan fingerprint density at radius 1 is 1.47 bits per heavy atom. The first-order valence-corrected chi connectivity index (χ1v) is 5.38. The molecule has 6 heteroatoms. The highest BCUT2D eigenvalue weighted by Crippen LogP contribution is 2.24. The van der Waals surface area contributed by atoms with Gasteiger partial charge in [0.15, 0.2) is 0 Å². The van der Waals surface area contributed by atoms with E-state index in [1.54, 1.807) is 7.05 Å². The Hall–Kier alpha value is -1.14. The molecule has 0 aliphatic rings. The smallest absolute Gasteiger partial charge is 0.336 e. The van der Waals surface area contributed by atoms with Crippen LogP contribution in [-0.2, 0) is 0 Å². The van der Waals surface area contributed by atoms with Gasteiger partial charge >= 0.3 is 5.97 Å². The zero-order valence-electron chi connectivity index (χ0n) is 9.22. The summed E-state index contributed by atoms with van der Waals surface area (Å²) >= 11 is 5.75. The summed E-state index contributed by atoms with van der Waals surface area (Å²) in [6.45, 7) is 0.146. The normalized spacial score (nSPS) is 14.4. The number of hydrogen-bond acceptors (Lipinski definition) is 4. The van der Waals surface area contributed by atoms with E-state index in [0.29, 0.717) is 5.02 Å².